The summed E-state index contributed by atoms with van der Waals surface area (Å²) >= 11 is 1.47. The number of ether oxygens (including phenoxy) is 1. The molecule has 5 N–H and O–H groups in total. The predicted molar refractivity (Wildman–Crippen MR) is 88.0 cm³/mol. The molecule has 1 aliphatic rings. The minimum absolute atomic E-state index is 0.0449. The molecule has 1 saturated carbocycles. The van der Waals surface area contributed by atoms with Gasteiger partial charge in [0.2, 0.25) is 0 Å². The molecule has 0 radical (unpaired) electrons. The van der Waals surface area contributed by atoms with Crippen molar-refractivity contribution in [3.63, 3.8) is 0 Å². The van der Waals surface area contributed by atoms with Crippen molar-refractivity contribution >= 4 is 29.5 Å². The maximum atomic E-state index is 12.4. The number of ketones is 1. The smallest absolute Gasteiger partial charge is 0.334 e. The summed E-state index contributed by atoms with van der Waals surface area (Å²) in [5.41, 5.74) is 9.70. The van der Waals surface area contributed by atoms with Crippen LogP contribution in [0.1, 0.15) is 39.0 Å². The highest BCUT2D eigenvalue weighted by Gasteiger charge is 2.46. The van der Waals surface area contributed by atoms with Crippen molar-refractivity contribution in [3.8, 4) is 0 Å². The minimum atomic E-state index is -1.91. The van der Waals surface area contributed by atoms with E-state index in [2.05, 4.69) is 11.7 Å². The summed E-state index contributed by atoms with van der Waals surface area (Å²) in [6.45, 7) is 2.18. The summed E-state index contributed by atoms with van der Waals surface area (Å²) in [7, 11) is 1.15. The summed E-state index contributed by atoms with van der Waals surface area (Å²) in [5, 5.41) is 9.09. The Kier molecular flexibility index (Phi) is 7.50. The Bertz CT molecular complexity index is 459. The molecule has 0 heterocycles. The lowest BCUT2D eigenvalue weighted by molar-refractivity contribution is -0.151. The van der Waals surface area contributed by atoms with E-state index < -0.39 is 35.7 Å². The molecule has 1 aliphatic carbocycles. The van der Waals surface area contributed by atoms with Gasteiger partial charge in [-0.1, -0.05) is 19.8 Å². The summed E-state index contributed by atoms with van der Waals surface area (Å²) in [5.74, 6) is -2.23. The number of Topliss-reactive ketones (excluding diaryl/α,β-unsaturated/α-hetero) is 1. The highest BCUT2D eigenvalue weighted by molar-refractivity contribution is 8.00. The quantitative estimate of drug-likeness (QED) is 0.428. The third kappa shape index (κ3) is 5.47. The zero-order valence-electron chi connectivity index (χ0n) is 13.6. The van der Waals surface area contributed by atoms with E-state index in [0.717, 1.165) is 26.4 Å². The lowest BCUT2D eigenvalue weighted by Crippen LogP contribution is -2.62. The molecular weight excluding hydrogens is 320 g/mol. The predicted octanol–water partition coefficient (Wildman–Crippen LogP) is 0.540. The van der Waals surface area contributed by atoms with E-state index in [1.165, 1.54) is 18.2 Å². The molecule has 8 heteroatoms. The molecule has 1 rings (SSSR count). The number of nitrogens with two attached hydrogens (primary N) is 2. The zero-order chi connectivity index (χ0) is 17.6. The van der Waals surface area contributed by atoms with Crippen LogP contribution in [0.15, 0.2) is 0 Å². The number of rotatable bonds is 8. The monoisotopic (exact) mass is 346 g/mol. The summed E-state index contributed by atoms with van der Waals surface area (Å²) in [4.78, 5) is 35.2. The molecule has 0 aliphatic heterocycles. The van der Waals surface area contributed by atoms with E-state index in [1.807, 2.05) is 0 Å². The summed E-state index contributed by atoms with van der Waals surface area (Å²) in [6.07, 6.45) is 3.75. The Labute approximate surface area is 140 Å². The summed E-state index contributed by atoms with van der Waals surface area (Å²) in [6, 6.07) is -1.33. The SMILES string of the molecule is COC(=O)[C@@](N)(CSC1CCCC(C)C1)C(=O)[C@@H](N)CC(=O)O. The van der Waals surface area contributed by atoms with E-state index in [9.17, 15) is 14.4 Å². The highest BCUT2D eigenvalue weighted by Crippen LogP contribution is 2.33. The molecule has 0 bridgehead atoms. The molecule has 4 atom stereocenters. The maximum Gasteiger partial charge on any atom is 0.334 e. The molecular formula is C15H26N2O5S. The number of carboxylic acids is 1. The largest absolute Gasteiger partial charge is 0.481 e. The van der Waals surface area contributed by atoms with E-state index in [-0.39, 0.29) is 5.75 Å². The van der Waals surface area contributed by atoms with Gasteiger partial charge in [0.05, 0.1) is 19.6 Å². The van der Waals surface area contributed by atoms with Crippen LogP contribution < -0.4 is 11.5 Å². The first-order valence-corrected chi connectivity index (χ1v) is 8.76. The van der Waals surface area contributed by atoms with Gasteiger partial charge in [0.15, 0.2) is 11.3 Å². The summed E-state index contributed by atoms with van der Waals surface area (Å²) < 4.78 is 4.65. The van der Waals surface area contributed by atoms with Crippen molar-refractivity contribution in [1.82, 2.24) is 0 Å². The van der Waals surface area contributed by atoms with Crippen LogP contribution in [0.25, 0.3) is 0 Å². The Morgan fingerprint density at radius 1 is 1.39 bits per heavy atom. The second kappa shape index (κ2) is 8.65. The standard InChI is InChI=1S/C15H26N2O5S/c1-9-4-3-5-10(6-9)23-8-15(17,14(21)22-2)13(20)11(16)7-12(18)19/h9-11H,3-8,16-17H2,1-2H3,(H,18,19)/t9?,10?,11-,15+/m0/s1. The third-order valence-corrected chi connectivity index (χ3v) is 5.68. The number of thioether (sulfide) groups is 1. The number of carboxylic acid groups (broad SMARTS) is 1. The first-order valence-electron chi connectivity index (χ1n) is 7.71. The number of carbonyl (C=O) groups is 3. The lowest BCUT2D eigenvalue weighted by Gasteiger charge is -2.31. The van der Waals surface area contributed by atoms with Crippen molar-refractivity contribution in [2.45, 2.75) is 55.9 Å². The molecule has 7 nitrogen and oxygen atoms in total. The fraction of sp³-hybridized carbons (Fsp3) is 0.800. The Morgan fingerprint density at radius 2 is 2.04 bits per heavy atom. The zero-order valence-corrected chi connectivity index (χ0v) is 14.4. The van der Waals surface area contributed by atoms with Gasteiger partial charge < -0.3 is 21.3 Å². The van der Waals surface area contributed by atoms with Gasteiger partial charge >= 0.3 is 11.9 Å². The average Bonchev–Trinajstić information content (AvgIpc) is 2.50. The van der Waals surface area contributed by atoms with Crippen LogP contribution >= 0.6 is 11.8 Å². The van der Waals surface area contributed by atoms with E-state index in [1.54, 1.807) is 0 Å². The number of aliphatic carboxylic acids is 1. The van der Waals surface area contributed by atoms with Crippen LogP contribution in [0.5, 0.6) is 0 Å². The first kappa shape index (κ1) is 19.9. The van der Waals surface area contributed by atoms with Gasteiger partial charge in [-0.05, 0) is 18.8 Å². The molecule has 1 fully saturated rings. The van der Waals surface area contributed by atoms with Crippen LogP contribution in [0, 0.1) is 5.92 Å². The minimum Gasteiger partial charge on any atom is -0.481 e. The average molecular weight is 346 g/mol. The number of methoxy groups -OCH3 is 1. The third-order valence-electron chi connectivity index (χ3n) is 4.16. The number of hydrogen-bond acceptors (Lipinski definition) is 7. The van der Waals surface area contributed by atoms with E-state index >= 15 is 0 Å². The molecule has 23 heavy (non-hydrogen) atoms. The van der Waals surface area contributed by atoms with Gasteiger partial charge in [-0.2, -0.15) is 11.8 Å². The molecule has 0 amide bonds. The van der Waals surface area contributed by atoms with E-state index in [4.69, 9.17) is 16.6 Å². The molecule has 0 aromatic carbocycles. The second-order valence-corrected chi connectivity index (χ2v) is 7.53. The topological polar surface area (TPSA) is 133 Å². The van der Waals surface area contributed by atoms with Crippen molar-refractivity contribution in [2.24, 2.45) is 17.4 Å². The van der Waals surface area contributed by atoms with Crippen LogP contribution in [-0.4, -0.2) is 52.5 Å². The molecule has 2 unspecified atom stereocenters. The number of esters is 1. The molecule has 132 valence electrons. The maximum absolute atomic E-state index is 12.4. The molecule has 0 aromatic rings. The Hall–Kier alpha value is -1.12. The van der Waals surface area contributed by atoms with Gasteiger partial charge in [-0.25, -0.2) is 4.79 Å². The molecule has 0 aromatic heterocycles. The number of hydrogen-bond donors (Lipinski definition) is 3. The van der Waals surface area contributed by atoms with Gasteiger partial charge in [0, 0.05) is 11.0 Å². The first-order chi connectivity index (χ1) is 10.7. The molecule has 0 saturated heterocycles. The van der Waals surface area contributed by atoms with E-state index in [0.29, 0.717) is 11.2 Å². The second-order valence-electron chi connectivity index (χ2n) is 6.24. The van der Waals surface area contributed by atoms with Crippen LogP contribution in [0.2, 0.25) is 0 Å². The van der Waals surface area contributed by atoms with Crippen LogP contribution in [0.3, 0.4) is 0 Å². The van der Waals surface area contributed by atoms with Gasteiger partial charge in [-0.3, -0.25) is 9.59 Å². The van der Waals surface area contributed by atoms with Crippen molar-refractivity contribution in [3.05, 3.63) is 0 Å². The fourth-order valence-electron chi connectivity index (χ4n) is 2.80. The van der Waals surface area contributed by atoms with Crippen molar-refractivity contribution in [1.29, 1.82) is 0 Å². The lowest BCUT2D eigenvalue weighted by atomic mass is 9.90. The normalized spacial score (nSPS) is 25.2. The van der Waals surface area contributed by atoms with Gasteiger partial charge in [-0.15, -0.1) is 0 Å². The Morgan fingerprint density at radius 3 is 2.57 bits per heavy atom. The Balaban J connectivity index is 2.79. The van der Waals surface area contributed by atoms with Gasteiger partial charge in [0.1, 0.15) is 0 Å². The highest BCUT2D eigenvalue weighted by atomic mass is 32.2. The van der Waals surface area contributed by atoms with Crippen LogP contribution in [0.4, 0.5) is 0 Å². The fourth-order valence-corrected chi connectivity index (χ4v) is 4.36. The number of carbonyl (C=O) groups excluding carboxylic acids is 2. The van der Waals surface area contributed by atoms with Crippen molar-refractivity contribution < 1.29 is 24.2 Å². The molecule has 0 spiro atoms. The van der Waals surface area contributed by atoms with Gasteiger partial charge in [0.25, 0.3) is 0 Å². The van der Waals surface area contributed by atoms with Crippen LogP contribution in [-0.2, 0) is 19.1 Å². The van der Waals surface area contributed by atoms with Crippen molar-refractivity contribution in [2.75, 3.05) is 12.9 Å².